The quantitative estimate of drug-likeness (QED) is 0.858. The number of alkyl halides is 2. The predicted octanol–water partition coefficient (Wildman–Crippen LogP) is 2.01. The number of carboxylic acid groups (broad SMARTS) is 1. The van der Waals surface area contributed by atoms with Gasteiger partial charge in [0, 0.05) is 12.2 Å². The van der Waals surface area contributed by atoms with E-state index in [0.29, 0.717) is 18.7 Å². The molecular weight excluding hydrogens is 216 g/mol. The van der Waals surface area contributed by atoms with Gasteiger partial charge in [-0.3, -0.25) is 0 Å². The summed E-state index contributed by atoms with van der Waals surface area (Å²) in [6, 6.07) is 4.67. The summed E-state index contributed by atoms with van der Waals surface area (Å²) in [7, 11) is 0. The molecule has 0 aliphatic carbocycles. The van der Waals surface area contributed by atoms with Crippen LogP contribution in [0.3, 0.4) is 0 Å². The number of hydrogen-bond acceptors (Lipinski definition) is 2. The summed E-state index contributed by atoms with van der Waals surface area (Å²) in [5.74, 6) is -1.04. The predicted molar refractivity (Wildman–Crippen MR) is 55.3 cm³/mol. The van der Waals surface area contributed by atoms with Crippen LogP contribution in [0, 0.1) is 0 Å². The lowest BCUT2D eigenvalue weighted by molar-refractivity contribution is 0.0697. The van der Waals surface area contributed by atoms with Gasteiger partial charge in [-0.05, 0) is 24.1 Å². The van der Waals surface area contributed by atoms with E-state index >= 15 is 0 Å². The zero-order valence-corrected chi connectivity index (χ0v) is 8.49. The largest absolute Gasteiger partial charge is 0.478 e. The van der Waals surface area contributed by atoms with Crippen molar-refractivity contribution in [1.82, 2.24) is 0 Å². The van der Waals surface area contributed by atoms with Crippen molar-refractivity contribution in [3.05, 3.63) is 29.3 Å². The van der Waals surface area contributed by atoms with Crippen LogP contribution in [0.2, 0.25) is 0 Å². The first-order chi connectivity index (χ1) is 7.58. The Bertz CT molecular complexity index is 420. The summed E-state index contributed by atoms with van der Waals surface area (Å²) in [4.78, 5) is 12.3. The lowest BCUT2D eigenvalue weighted by Gasteiger charge is -2.18. The molecule has 0 saturated carbocycles. The molecule has 1 aromatic carbocycles. The molecule has 5 heteroatoms. The summed E-state index contributed by atoms with van der Waals surface area (Å²) in [6.45, 7) is 0.193. The number of aromatic carboxylic acids is 1. The Balaban J connectivity index is 2.29. The Morgan fingerprint density at radius 1 is 1.50 bits per heavy atom. The standard InChI is InChI=1S/C11H11F2NO2/c12-10(13)6-14-4-3-7-1-2-8(11(15)16)5-9(7)14/h1-2,5,10H,3-4,6H2,(H,15,16). The molecule has 0 saturated heterocycles. The van der Waals surface area contributed by atoms with E-state index in [1.54, 1.807) is 6.07 Å². The molecule has 0 bridgehead atoms. The highest BCUT2D eigenvalue weighted by Crippen LogP contribution is 2.29. The number of halogens is 2. The van der Waals surface area contributed by atoms with E-state index in [1.165, 1.54) is 17.0 Å². The summed E-state index contributed by atoms with van der Waals surface area (Å²) in [6.07, 6.45) is -1.71. The monoisotopic (exact) mass is 227 g/mol. The van der Waals surface area contributed by atoms with Crippen LogP contribution in [0.5, 0.6) is 0 Å². The third-order valence-corrected chi connectivity index (χ3v) is 2.68. The van der Waals surface area contributed by atoms with Crippen LogP contribution in [0.25, 0.3) is 0 Å². The number of anilines is 1. The average molecular weight is 227 g/mol. The molecule has 0 fully saturated rings. The van der Waals surface area contributed by atoms with E-state index < -0.39 is 12.4 Å². The number of carboxylic acids is 1. The van der Waals surface area contributed by atoms with Crippen LogP contribution < -0.4 is 4.90 Å². The molecule has 1 heterocycles. The van der Waals surface area contributed by atoms with Gasteiger partial charge in [-0.1, -0.05) is 6.07 Å². The lowest BCUT2D eigenvalue weighted by Crippen LogP contribution is -2.26. The fourth-order valence-electron chi connectivity index (χ4n) is 1.93. The van der Waals surface area contributed by atoms with Crippen LogP contribution in [-0.4, -0.2) is 30.6 Å². The van der Waals surface area contributed by atoms with Crippen LogP contribution in [0.4, 0.5) is 14.5 Å². The fraction of sp³-hybridized carbons (Fsp3) is 0.364. The molecule has 1 N–H and O–H groups in total. The van der Waals surface area contributed by atoms with Crippen molar-refractivity contribution in [2.75, 3.05) is 18.0 Å². The molecule has 0 amide bonds. The van der Waals surface area contributed by atoms with Gasteiger partial charge in [-0.2, -0.15) is 0 Å². The van der Waals surface area contributed by atoms with Gasteiger partial charge in [-0.15, -0.1) is 0 Å². The van der Waals surface area contributed by atoms with E-state index in [1.807, 2.05) is 0 Å². The van der Waals surface area contributed by atoms with Gasteiger partial charge in [0.15, 0.2) is 0 Å². The van der Waals surface area contributed by atoms with Crippen molar-refractivity contribution in [3.63, 3.8) is 0 Å². The Hall–Kier alpha value is -1.65. The second-order valence-electron chi connectivity index (χ2n) is 3.74. The fourth-order valence-corrected chi connectivity index (χ4v) is 1.93. The Kier molecular flexibility index (Phi) is 2.77. The van der Waals surface area contributed by atoms with Crippen molar-refractivity contribution < 1.29 is 18.7 Å². The van der Waals surface area contributed by atoms with Gasteiger partial charge < -0.3 is 10.0 Å². The number of benzene rings is 1. The maximum Gasteiger partial charge on any atom is 0.335 e. The van der Waals surface area contributed by atoms with Crippen molar-refractivity contribution in [2.24, 2.45) is 0 Å². The number of hydrogen-bond donors (Lipinski definition) is 1. The molecule has 0 radical (unpaired) electrons. The minimum atomic E-state index is -2.40. The highest BCUT2D eigenvalue weighted by atomic mass is 19.3. The van der Waals surface area contributed by atoms with Gasteiger partial charge in [0.1, 0.15) is 0 Å². The van der Waals surface area contributed by atoms with Crippen LogP contribution >= 0.6 is 0 Å². The van der Waals surface area contributed by atoms with Gasteiger partial charge in [0.25, 0.3) is 6.43 Å². The SMILES string of the molecule is O=C(O)c1ccc2c(c1)N(CC(F)F)CC2. The van der Waals surface area contributed by atoms with E-state index in [9.17, 15) is 13.6 Å². The summed E-state index contributed by atoms with van der Waals surface area (Å²) in [5.41, 5.74) is 1.70. The van der Waals surface area contributed by atoms with Crippen LogP contribution in [-0.2, 0) is 6.42 Å². The van der Waals surface area contributed by atoms with E-state index in [-0.39, 0.29) is 12.1 Å². The average Bonchev–Trinajstić information content (AvgIpc) is 2.60. The van der Waals surface area contributed by atoms with Crippen molar-refractivity contribution >= 4 is 11.7 Å². The third-order valence-electron chi connectivity index (χ3n) is 2.68. The molecule has 1 aliphatic rings. The zero-order valence-electron chi connectivity index (χ0n) is 8.49. The maximum atomic E-state index is 12.3. The van der Waals surface area contributed by atoms with Gasteiger partial charge >= 0.3 is 5.97 Å². The topological polar surface area (TPSA) is 40.5 Å². The first kappa shape index (κ1) is 10.9. The molecule has 1 aromatic rings. The summed E-state index contributed by atoms with van der Waals surface area (Å²) in [5, 5.41) is 8.82. The molecular formula is C11H11F2NO2. The van der Waals surface area contributed by atoms with Crippen molar-refractivity contribution in [2.45, 2.75) is 12.8 Å². The van der Waals surface area contributed by atoms with E-state index in [2.05, 4.69) is 0 Å². The highest BCUT2D eigenvalue weighted by molar-refractivity contribution is 5.89. The van der Waals surface area contributed by atoms with Crippen molar-refractivity contribution in [1.29, 1.82) is 0 Å². The second-order valence-corrected chi connectivity index (χ2v) is 3.74. The third kappa shape index (κ3) is 1.98. The lowest BCUT2D eigenvalue weighted by atomic mass is 10.1. The zero-order chi connectivity index (χ0) is 11.7. The first-order valence-corrected chi connectivity index (χ1v) is 4.97. The molecule has 16 heavy (non-hydrogen) atoms. The van der Waals surface area contributed by atoms with Crippen molar-refractivity contribution in [3.8, 4) is 0 Å². The molecule has 3 nitrogen and oxygen atoms in total. The molecule has 86 valence electrons. The number of fused-ring (bicyclic) bond motifs is 1. The highest BCUT2D eigenvalue weighted by Gasteiger charge is 2.22. The molecule has 2 rings (SSSR count). The van der Waals surface area contributed by atoms with E-state index in [4.69, 9.17) is 5.11 Å². The normalized spacial score (nSPS) is 14.3. The first-order valence-electron chi connectivity index (χ1n) is 4.97. The molecule has 0 unspecified atom stereocenters. The minimum Gasteiger partial charge on any atom is -0.478 e. The summed E-state index contributed by atoms with van der Waals surface area (Å²) < 4.78 is 24.6. The van der Waals surface area contributed by atoms with E-state index in [0.717, 1.165) is 5.56 Å². The maximum absolute atomic E-state index is 12.3. The Morgan fingerprint density at radius 3 is 2.88 bits per heavy atom. The number of carbonyl (C=O) groups is 1. The van der Waals surface area contributed by atoms with Crippen LogP contribution in [0.15, 0.2) is 18.2 Å². The molecule has 1 aliphatic heterocycles. The Labute approximate surface area is 91.3 Å². The second kappa shape index (κ2) is 4.08. The number of nitrogens with zero attached hydrogens (tertiary/aromatic N) is 1. The van der Waals surface area contributed by atoms with Gasteiger partial charge in [-0.25, -0.2) is 13.6 Å². The van der Waals surface area contributed by atoms with Crippen LogP contribution in [0.1, 0.15) is 15.9 Å². The Morgan fingerprint density at radius 2 is 2.25 bits per heavy atom. The van der Waals surface area contributed by atoms with Gasteiger partial charge in [0.2, 0.25) is 0 Å². The molecule has 0 aromatic heterocycles. The number of rotatable bonds is 3. The smallest absolute Gasteiger partial charge is 0.335 e. The minimum absolute atomic E-state index is 0.139. The molecule has 0 spiro atoms. The summed E-state index contributed by atoms with van der Waals surface area (Å²) >= 11 is 0. The van der Waals surface area contributed by atoms with Gasteiger partial charge in [0.05, 0.1) is 12.1 Å². The molecule has 0 atom stereocenters.